The van der Waals surface area contributed by atoms with Crippen molar-refractivity contribution in [1.82, 2.24) is 10.6 Å². The van der Waals surface area contributed by atoms with Crippen LogP contribution in [0.2, 0.25) is 0 Å². The number of nitrogens with zero attached hydrogens (tertiary/aromatic N) is 1. The SMILES string of the molecule is COCCNC(=O)CNC(=O)c1cc(N)ccc1N(C)C. The van der Waals surface area contributed by atoms with E-state index >= 15 is 0 Å². The second-order valence-corrected chi connectivity index (χ2v) is 4.70. The van der Waals surface area contributed by atoms with Crippen molar-refractivity contribution in [3.05, 3.63) is 23.8 Å². The molecule has 1 aromatic carbocycles. The fourth-order valence-electron chi connectivity index (χ4n) is 1.74. The molecule has 7 nitrogen and oxygen atoms in total. The molecule has 0 spiro atoms. The van der Waals surface area contributed by atoms with Gasteiger partial charge in [-0.05, 0) is 18.2 Å². The zero-order chi connectivity index (χ0) is 15.8. The summed E-state index contributed by atoms with van der Waals surface area (Å²) < 4.78 is 4.82. The number of rotatable bonds is 7. The maximum Gasteiger partial charge on any atom is 0.253 e. The van der Waals surface area contributed by atoms with Gasteiger partial charge < -0.3 is 26.0 Å². The Kier molecular flexibility index (Phi) is 6.48. The molecule has 0 aromatic heterocycles. The molecule has 116 valence electrons. The van der Waals surface area contributed by atoms with Crippen LogP contribution in [0, 0.1) is 0 Å². The van der Waals surface area contributed by atoms with Crippen LogP contribution in [0.3, 0.4) is 0 Å². The Hall–Kier alpha value is -2.28. The summed E-state index contributed by atoms with van der Waals surface area (Å²) in [4.78, 5) is 25.5. The molecule has 0 aliphatic rings. The average Bonchev–Trinajstić information content (AvgIpc) is 2.44. The molecular weight excluding hydrogens is 272 g/mol. The lowest BCUT2D eigenvalue weighted by Gasteiger charge is -2.17. The minimum absolute atomic E-state index is 0.0930. The van der Waals surface area contributed by atoms with E-state index in [1.807, 2.05) is 19.0 Å². The molecule has 0 saturated heterocycles. The third kappa shape index (κ3) is 5.31. The molecule has 0 bridgehead atoms. The van der Waals surface area contributed by atoms with Gasteiger partial charge in [0, 0.05) is 39.1 Å². The topological polar surface area (TPSA) is 96.7 Å². The summed E-state index contributed by atoms with van der Waals surface area (Å²) in [5.41, 5.74) is 7.38. The normalized spacial score (nSPS) is 10.0. The molecule has 0 heterocycles. The van der Waals surface area contributed by atoms with Crippen LogP contribution in [0.15, 0.2) is 18.2 Å². The lowest BCUT2D eigenvalue weighted by molar-refractivity contribution is -0.120. The Labute approximate surface area is 124 Å². The van der Waals surface area contributed by atoms with E-state index in [1.165, 1.54) is 0 Å². The summed E-state index contributed by atoms with van der Waals surface area (Å²) in [7, 11) is 5.22. The van der Waals surface area contributed by atoms with E-state index in [4.69, 9.17) is 10.5 Å². The summed E-state index contributed by atoms with van der Waals surface area (Å²) >= 11 is 0. The van der Waals surface area contributed by atoms with Crippen LogP contribution in [0.5, 0.6) is 0 Å². The molecule has 4 N–H and O–H groups in total. The third-order valence-electron chi connectivity index (χ3n) is 2.78. The summed E-state index contributed by atoms with van der Waals surface area (Å²) in [5.74, 6) is -0.608. The molecule has 0 atom stereocenters. The second-order valence-electron chi connectivity index (χ2n) is 4.70. The Bertz CT molecular complexity index is 503. The van der Waals surface area contributed by atoms with Crippen LogP contribution in [-0.4, -0.2) is 52.7 Å². The van der Waals surface area contributed by atoms with E-state index in [1.54, 1.807) is 25.3 Å². The first-order valence-corrected chi connectivity index (χ1v) is 6.56. The fourth-order valence-corrected chi connectivity index (χ4v) is 1.74. The molecule has 21 heavy (non-hydrogen) atoms. The molecule has 7 heteroatoms. The number of carbonyl (C=O) groups excluding carboxylic acids is 2. The van der Waals surface area contributed by atoms with Gasteiger partial charge in [0.15, 0.2) is 0 Å². The van der Waals surface area contributed by atoms with Gasteiger partial charge >= 0.3 is 0 Å². The quantitative estimate of drug-likeness (QED) is 0.479. The number of nitrogen functional groups attached to an aromatic ring is 1. The van der Waals surface area contributed by atoms with E-state index < -0.39 is 0 Å². The number of nitrogens with one attached hydrogen (secondary N) is 2. The number of anilines is 2. The number of ether oxygens (including phenoxy) is 1. The highest BCUT2D eigenvalue weighted by Gasteiger charge is 2.14. The Morgan fingerprint density at radius 2 is 2.00 bits per heavy atom. The van der Waals surface area contributed by atoms with Crippen molar-refractivity contribution in [3.8, 4) is 0 Å². The lowest BCUT2D eigenvalue weighted by Crippen LogP contribution is -2.38. The molecule has 2 amide bonds. The number of nitrogens with two attached hydrogens (primary N) is 1. The number of carbonyl (C=O) groups is 2. The van der Waals surface area contributed by atoms with Gasteiger partial charge in [0.1, 0.15) is 0 Å². The zero-order valence-electron chi connectivity index (χ0n) is 12.6. The van der Waals surface area contributed by atoms with Crippen molar-refractivity contribution in [2.24, 2.45) is 0 Å². The van der Waals surface area contributed by atoms with E-state index in [2.05, 4.69) is 10.6 Å². The van der Waals surface area contributed by atoms with Gasteiger partial charge in [-0.15, -0.1) is 0 Å². The second kappa shape index (κ2) is 8.11. The van der Waals surface area contributed by atoms with Crippen LogP contribution >= 0.6 is 0 Å². The van der Waals surface area contributed by atoms with Gasteiger partial charge in [0.05, 0.1) is 18.7 Å². The highest BCUT2D eigenvalue weighted by atomic mass is 16.5. The monoisotopic (exact) mass is 294 g/mol. The van der Waals surface area contributed by atoms with Crippen molar-refractivity contribution >= 4 is 23.2 Å². The molecule has 0 radical (unpaired) electrons. The summed E-state index contributed by atoms with van der Waals surface area (Å²) in [6.07, 6.45) is 0. The van der Waals surface area contributed by atoms with Crippen molar-refractivity contribution in [2.75, 3.05) is 51.5 Å². The van der Waals surface area contributed by atoms with E-state index in [9.17, 15) is 9.59 Å². The highest BCUT2D eigenvalue weighted by Crippen LogP contribution is 2.21. The predicted octanol–water partition coefficient (Wildman–Crippen LogP) is -0.173. The molecule has 1 aromatic rings. The maximum absolute atomic E-state index is 12.2. The van der Waals surface area contributed by atoms with Gasteiger partial charge in [0.25, 0.3) is 5.91 Å². The first-order chi connectivity index (χ1) is 9.95. The third-order valence-corrected chi connectivity index (χ3v) is 2.78. The molecule has 0 unspecified atom stereocenters. The van der Waals surface area contributed by atoms with Crippen molar-refractivity contribution < 1.29 is 14.3 Å². The van der Waals surface area contributed by atoms with Gasteiger partial charge in [0.2, 0.25) is 5.91 Å². The van der Waals surface area contributed by atoms with E-state index in [0.717, 1.165) is 5.69 Å². The summed E-state index contributed by atoms with van der Waals surface area (Å²) in [6.45, 7) is 0.746. The zero-order valence-corrected chi connectivity index (χ0v) is 12.6. The first-order valence-electron chi connectivity index (χ1n) is 6.56. The molecule has 0 fully saturated rings. The van der Waals surface area contributed by atoms with Crippen LogP contribution in [0.4, 0.5) is 11.4 Å². The number of hydrogen-bond acceptors (Lipinski definition) is 5. The Balaban J connectivity index is 2.63. The van der Waals surface area contributed by atoms with E-state index in [-0.39, 0.29) is 18.4 Å². The molecular formula is C14H22N4O3. The number of amides is 2. The Morgan fingerprint density at radius 3 is 2.62 bits per heavy atom. The van der Waals surface area contributed by atoms with Crippen molar-refractivity contribution in [3.63, 3.8) is 0 Å². The van der Waals surface area contributed by atoms with Crippen LogP contribution in [-0.2, 0) is 9.53 Å². The predicted molar refractivity (Wildman–Crippen MR) is 82.4 cm³/mol. The van der Waals surface area contributed by atoms with Gasteiger partial charge in [-0.3, -0.25) is 9.59 Å². The molecule has 0 aliphatic heterocycles. The minimum atomic E-state index is -0.340. The largest absolute Gasteiger partial charge is 0.399 e. The number of hydrogen-bond donors (Lipinski definition) is 3. The molecule has 0 aliphatic carbocycles. The number of benzene rings is 1. The lowest BCUT2D eigenvalue weighted by atomic mass is 10.1. The standard InChI is InChI=1S/C14H22N4O3/c1-18(2)12-5-4-10(15)8-11(12)14(20)17-9-13(19)16-6-7-21-3/h4-5,8H,6-7,9,15H2,1-3H3,(H,16,19)(H,17,20). The van der Waals surface area contributed by atoms with Crippen molar-refractivity contribution in [2.45, 2.75) is 0 Å². The summed E-state index contributed by atoms with van der Waals surface area (Å²) in [5, 5.41) is 5.20. The van der Waals surface area contributed by atoms with Gasteiger partial charge in [-0.2, -0.15) is 0 Å². The van der Waals surface area contributed by atoms with Crippen molar-refractivity contribution in [1.29, 1.82) is 0 Å². The van der Waals surface area contributed by atoms with Crippen LogP contribution in [0.25, 0.3) is 0 Å². The first kappa shape index (κ1) is 16.8. The summed E-state index contributed by atoms with van der Waals surface area (Å²) in [6, 6.07) is 5.08. The molecule has 1 rings (SSSR count). The minimum Gasteiger partial charge on any atom is -0.399 e. The smallest absolute Gasteiger partial charge is 0.253 e. The van der Waals surface area contributed by atoms with Crippen LogP contribution < -0.4 is 21.3 Å². The fraction of sp³-hybridized carbons (Fsp3) is 0.429. The van der Waals surface area contributed by atoms with E-state index in [0.29, 0.717) is 24.4 Å². The average molecular weight is 294 g/mol. The number of methoxy groups -OCH3 is 1. The molecule has 0 saturated carbocycles. The van der Waals surface area contributed by atoms with Crippen LogP contribution in [0.1, 0.15) is 10.4 Å². The Morgan fingerprint density at radius 1 is 1.29 bits per heavy atom. The highest BCUT2D eigenvalue weighted by molar-refractivity contribution is 6.02. The maximum atomic E-state index is 12.2. The van der Waals surface area contributed by atoms with Gasteiger partial charge in [-0.25, -0.2) is 0 Å². The van der Waals surface area contributed by atoms with Gasteiger partial charge in [-0.1, -0.05) is 0 Å².